The number of carbonyl (C=O) groups is 1. The van der Waals surface area contributed by atoms with Crippen molar-refractivity contribution in [2.75, 3.05) is 16.8 Å². The lowest BCUT2D eigenvalue weighted by Crippen LogP contribution is -2.32. The van der Waals surface area contributed by atoms with Crippen molar-refractivity contribution in [3.05, 3.63) is 77.5 Å². The fourth-order valence-corrected chi connectivity index (χ4v) is 3.93. The van der Waals surface area contributed by atoms with Gasteiger partial charge in [0.2, 0.25) is 0 Å². The molecule has 0 spiro atoms. The molecule has 0 radical (unpaired) electrons. The average Bonchev–Trinajstić information content (AvgIpc) is 2.86. The van der Waals surface area contributed by atoms with Gasteiger partial charge in [-0.25, -0.2) is 0 Å². The summed E-state index contributed by atoms with van der Waals surface area (Å²) in [5.41, 5.74) is 4.64. The summed E-state index contributed by atoms with van der Waals surface area (Å²) >= 11 is 0. The van der Waals surface area contributed by atoms with Crippen LogP contribution in [0.5, 0.6) is 0 Å². The number of fused-ring (bicyclic) bond motifs is 1. The maximum Gasteiger partial charge on any atom is 0.258 e. The Bertz CT molecular complexity index is 1030. The average molecular weight is 386 g/mol. The van der Waals surface area contributed by atoms with Crippen molar-refractivity contribution in [2.24, 2.45) is 0 Å². The topological polar surface area (TPSA) is 58.1 Å². The number of para-hydroxylation sites is 1. The van der Waals surface area contributed by atoms with E-state index in [0.29, 0.717) is 11.4 Å². The number of hydrogen-bond donors (Lipinski definition) is 1. The van der Waals surface area contributed by atoms with Crippen LogP contribution in [0.25, 0.3) is 0 Å². The van der Waals surface area contributed by atoms with Crippen LogP contribution >= 0.6 is 0 Å². The molecule has 0 atom stereocenters. The van der Waals surface area contributed by atoms with Gasteiger partial charge in [0.25, 0.3) is 5.91 Å². The fourth-order valence-electron chi connectivity index (χ4n) is 3.93. The molecule has 29 heavy (non-hydrogen) atoms. The first-order valence-electron chi connectivity index (χ1n) is 10.0. The van der Waals surface area contributed by atoms with E-state index in [4.69, 9.17) is 0 Å². The van der Waals surface area contributed by atoms with E-state index in [2.05, 4.69) is 47.6 Å². The quantitative estimate of drug-likeness (QED) is 0.668. The molecule has 2 aromatic carbocycles. The highest BCUT2D eigenvalue weighted by Gasteiger charge is 2.31. The fraction of sp³-hybridized carbons (Fsp3) is 0.292. The zero-order valence-electron chi connectivity index (χ0n) is 17.1. The molecule has 2 heterocycles. The molecule has 1 aliphatic rings. The van der Waals surface area contributed by atoms with Crippen molar-refractivity contribution in [1.29, 1.82) is 0 Å². The third-order valence-corrected chi connectivity index (χ3v) is 5.53. The lowest BCUT2D eigenvalue weighted by atomic mass is 9.80. The number of rotatable bonds is 3. The SMILES string of the molecule is Cc1ccc(Nc2cccc(C(=O)N3CCCC(C)(C)c4ccccc43)c2)nn1. The number of carbonyl (C=O) groups excluding carboxylic acids is 1. The minimum atomic E-state index is 0.0220. The van der Waals surface area contributed by atoms with Gasteiger partial charge in [0.05, 0.1) is 5.69 Å². The normalized spacial score (nSPS) is 15.3. The Morgan fingerprint density at radius 1 is 1.03 bits per heavy atom. The summed E-state index contributed by atoms with van der Waals surface area (Å²) < 4.78 is 0. The Morgan fingerprint density at radius 3 is 2.66 bits per heavy atom. The van der Waals surface area contributed by atoms with Crippen LogP contribution in [0, 0.1) is 6.92 Å². The smallest absolute Gasteiger partial charge is 0.258 e. The molecule has 1 aliphatic heterocycles. The number of aromatic nitrogens is 2. The van der Waals surface area contributed by atoms with Crippen LogP contribution in [0.2, 0.25) is 0 Å². The number of nitrogens with one attached hydrogen (secondary N) is 1. The Kier molecular flexibility index (Phi) is 5.05. The van der Waals surface area contributed by atoms with E-state index in [9.17, 15) is 4.79 Å². The highest BCUT2D eigenvalue weighted by atomic mass is 16.2. The number of anilines is 3. The molecule has 148 valence electrons. The van der Waals surface area contributed by atoms with Gasteiger partial charge in [0, 0.05) is 23.5 Å². The van der Waals surface area contributed by atoms with Crippen LogP contribution in [-0.2, 0) is 5.41 Å². The Labute approximate surface area is 171 Å². The molecule has 0 fully saturated rings. The minimum absolute atomic E-state index is 0.0220. The standard InChI is InChI=1S/C24H26N4O/c1-17-12-13-22(27-26-17)25-19-9-6-8-18(16-19)23(29)28-15-7-14-24(2,3)20-10-4-5-11-21(20)28/h4-6,8-13,16H,7,14-15H2,1-3H3,(H,25,27). The van der Waals surface area contributed by atoms with Crippen molar-refractivity contribution in [2.45, 2.75) is 39.0 Å². The predicted molar refractivity (Wildman–Crippen MR) is 117 cm³/mol. The van der Waals surface area contributed by atoms with E-state index in [0.717, 1.165) is 36.5 Å². The van der Waals surface area contributed by atoms with Gasteiger partial charge in [-0.2, -0.15) is 5.10 Å². The number of hydrogen-bond acceptors (Lipinski definition) is 4. The van der Waals surface area contributed by atoms with Gasteiger partial charge >= 0.3 is 0 Å². The van der Waals surface area contributed by atoms with Gasteiger partial charge in [0.1, 0.15) is 0 Å². The summed E-state index contributed by atoms with van der Waals surface area (Å²) in [6, 6.07) is 19.6. The van der Waals surface area contributed by atoms with Crippen molar-refractivity contribution >= 4 is 23.1 Å². The molecule has 0 unspecified atom stereocenters. The Hall–Kier alpha value is -3.21. The molecule has 1 aromatic heterocycles. The molecule has 0 aliphatic carbocycles. The van der Waals surface area contributed by atoms with Crippen LogP contribution in [0.15, 0.2) is 60.7 Å². The molecule has 1 amide bonds. The van der Waals surface area contributed by atoms with Crippen LogP contribution < -0.4 is 10.2 Å². The van der Waals surface area contributed by atoms with Gasteiger partial charge in [0.15, 0.2) is 5.82 Å². The van der Waals surface area contributed by atoms with Crippen LogP contribution in [-0.4, -0.2) is 22.6 Å². The van der Waals surface area contributed by atoms with Gasteiger partial charge in [-0.05, 0) is 67.1 Å². The Morgan fingerprint density at radius 2 is 1.86 bits per heavy atom. The monoisotopic (exact) mass is 386 g/mol. The van der Waals surface area contributed by atoms with E-state index in [1.165, 1.54) is 5.56 Å². The summed E-state index contributed by atoms with van der Waals surface area (Å²) in [4.78, 5) is 15.4. The molecule has 0 saturated heterocycles. The summed E-state index contributed by atoms with van der Waals surface area (Å²) in [5, 5.41) is 11.4. The number of benzene rings is 2. The van der Waals surface area contributed by atoms with Crippen LogP contribution in [0.1, 0.15) is 48.3 Å². The van der Waals surface area contributed by atoms with Crippen molar-refractivity contribution < 1.29 is 4.79 Å². The molecule has 5 nitrogen and oxygen atoms in total. The zero-order chi connectivity index (χ0) is 20.4. The first-order valence-corrected chi connectivity index (χ1v) is 10.0. The third kappa shape index (κ3) is 3.99. The zero-order valence-corrected chi connectivity index (χ0v) is 17.1. The minimum Gasteiger partial charge on any atom is -0.339 e. The molecule has 3 aromatic rings. The van der Waals surface area contributed by atoms with E-state index in [1.54, 1.807) is 0 Å². The maximum absolute atomic E-state index is 13.4. The summed E-state index contributed by atoms with van der Waals surface area (Å²) in [7, 11) is 0. The van der Waals surface area contributed by atoms with Gasteiger partial charge in [-0.1, -0.05) is 38.1 Å². The molecule has 5 heteroatoms. The molecular formula is C24H26N4O. The van der Waals surface area contributed by atoms with E-state index in [-0.39, 0.29) is 11.3 Å². The van der Waals surface area contributed by atoms with Crippen LogP contribution in [0.4, 0.5) is 17.2 Å². The third-order valence-electron chi connectivity index (χ3n) is 5.53. The predicted octanol–water partition coefficient (Wildman–Crippen LogP) is 5.25. The first-order chi connectivity index (χ1) is 13.9. The molecule has 0 saturated carbocycles. The second-order valence-corrected chi connectivity index (χ2v) is 8.23. The van der Waals surface area contributed by atoms with E-state index < -0.39 is 0 Å². The van der Waals surface area contributed by atoms with Crippen molar-refractivity contribution in [3.8, 4) is 0 Å². The largest absolute Gasteiger partial charge is 0.339 e. The molecule has 4 rings (SSSR count). The van der Waals surface area contributed by atoms with E-state index >= 15 is 0 Å². The first kappa shape index (κ1) is 19.1. The highest BCUT2D eigenvalue weighted by Crippen LogP contribution is 2.39. The number of amides is 1. The molecular weight excluding hydrogens is 360 g/mol. The van der Waals surface area contributed by atoms with Crippen molar-refractivity contribution in [3.63, 3.8) is 0 Å². The van der Waals surface area contributed by atoms with Gasteiger partial charge < -0.3 is 10.2 Å². The summed E-state index contributed by atoms with van der Waals surface area (Å²) in [6.45, 7) is 7.14. The second-order valence-electron chi connectivity index (χ2n) is 8.23. The van der Waals surface area contributed by atoms with Crippen LogP contribution in [0.3, 0.4) is 0 Å². The van der Waals surface area contributed by atoms with Gasteiger partial charge in [-0.3, -0.25) is 4.79 Å². The summed E-state index contributed by atoms with van der Waals surface area (Å²) in [6.07, 6.45) is 2.03. The second kappa shape index (κ2) is 7.66. The Balaban J connectivity index is 1.63. The van der Waals surface area contributed by atoms with Gasteiger partial charge in [-0.15, -0.1) is 5.10 Å². The van der Waals surface area contributed by atoms with E-state index in [1.807, 2.05) is 54.3 Å². The maximum atomic E-state index is 13.4. The molecule has 1 N–H and O–H groups in total. The summed E-state index contributed by atoms with van der Waals surface area (Å²) in [5.74, 6) is 0.677. The lowest BCUT2D eigenvalue weighted by Gasteiger charge is -2.27. The van der Waals surface area contributed by atoms with Crippen molar-refractivity contribution in [1.82, 2.24) is 10.2 Å². The highest BCUT2D eigenvalue weighted by molar-refractivity contribution is 6.07. The number of nitrogens with zero attached hydrogens (tertiary/aromatic N) is 3. The molecule has 0 bridgehead atoms. The lowest BCUT2D eigenvalue weighted by molar-refractivity contribution is 0.0987. The number of aryl methyl sites for hydroxylation is 1.